The molecule has 2 rings (SSSR count). The number of methoxy groups -OCH3 is 3. The summed E-state index contributed by atoms with van der Waals surface area (Å²) < 4.78 is 15.1. The molecule has 0 spiro atoms. The average molecular weight is 303 g/mol. The van der Waals surface area contributed by atoms with Gasteiger partial charge in [-0.3, -0.25) is 0 Å². The highest BCUT2D eigenvalue weighted by molar-refractivity contribution is 6.22. The van der Waals surface area contributed by atoms with E-state index in [4.69, 9.17) is 9.47 Å². The number of rotatable bonds is 4. The van der Waals surface area contributed by atoms with Crippen LogP contribution in [0.25, 0.3) is 6.08 Å². The first-order valence-corrected chi connectivity index (χ1v) is 6.53. The fourth-order valence-electron chi connectivity index (χ4n) is 2.12. The third-order valence-electron chi connectivity index (χ3n) is 3.25. The van der Waals surface area contributed by atoms with Crippen molar-refractivity contribution in [2.45, 2.75) is 6.92 Å². The van der Waals surface area contributed by atoms with Crippen LogP contribution in [-0.2, 0) is 9.53 Å². The largest absolute Gasteiger partial charge is 0.505 e. The molecule has 1 aliphatic heterocycles. The molecule has 22 heavy (non-hydrogen) atoms. The fourth-order valence-corrected chi connectivity index (χ4v) is 2.12. The van der Waals surface area contributed by atoms with Crippen LogP contribution in [0.5, 0.6) is 11.5 Å². The number of esters is 1. The molecule has 6 heteroatoms. The first kappa shape index (κ1) is 15.6. The van der Waals surface area contributed by atoms with Crippen molar-refractivity contribution in [3.63, 3.8) is 0 Å². The molecule has 6 nitrogen and oxygen atoms in total. The molecule has 0 atom stereocenters. The first-order chi connectivity index (χ1) is 10.5. The number of aliphatic imine (C=N–C) groups is 1. The molecule has 0 saturated carbocycles. The van der Waals surface area contributed by atoms with Crippen molar-refractivity contribution >= 4 is 17.8 Å². The predicted molar refractivity (Wildman–Crippen MR) is 82.3 cm³/mol. The molecule has 1 aliphatic rings. The number of carbonyl (C=O) groups is 1. The molecule has 0 radical (unpaired) electrons. The molecule has 116 valence electrons. The lowest BCUT2D eigenvalue weighted by atomic mass is 10.1. The summed E-state index contributed by atoms with van der Waals surface area (Å²) in [4.78, 5) is 15.8. The maximum Gasteiger partial charge on any atom is 0.343 e. The molecule has 0 bridgehead atoms. The zero-order chi connectivity index (χ0) is 16.3. The maximum atomic E-state index is 11.7. The van der Waals surface area contributed by atoms with Crippen LogP contribution in [0.4, 0.5) is 0 Å². The molecule has 1 heterocycles. The van der Waals surface area contributed by atoms with Gasteiger partial charge in [-0.1, -0.05) is 0 Å². The van der Waals surface area contributed by atoms with Gasteiger partial charge in [-0.15, -0.1) is 0 Å². The zero-order valence-corrected chi connectivity index (χ0v) is 12.8. The van der Waals surface area contributed by atoms with Crippen LogP contribution >= 0.6 is 0 Å². The van der Waals surface area contributed by atoms with Crippen molar-refractivity contribution in [3.05, 3.63) is 40.8 Å². The van der Waals surface area contributed by atoms with E-state index < -0.39 is 5.97 Å². The number of ether oxygens (including phenoxy) is 3. The summed E-state index contributed by atoms with van der Waals surface area (Å²) in [5.74, 6) is 0.394. The maximum absolute atomic E-state index is 11.7. The van der Waals surface area contributed by atoms with Crippen molar-refractivity contribution in [3.8, 4) is 11.5 Å². The van der Waals surface area contributed by atoms with Gasteiger partial charge < -0.3 is 19.3 Å². The second kappa shape index (κ2) is 6.34. The van der Waals surface area contributed by atoms with Crippen LogP contribution in [0.3, 0.4) is 0 Å². The van der Waals surface area contributed by atoms with Crippen LogP contribution < -0.4 is 9.47 Å². The fraction of sp³-hybridized carbons (Fsp3) is 0.250. The Morgan fingerprint density at radius 2 is 1.95 bits per heavy atom. The third kappa shape index (κ3) is 2.81. The summed E-state index contributed by atoms with van der Waals surface area (Å²) in [7, 11) is 4.36. The minimum Gasteiger partial charge on any atom is -0.505 e. The summed E-state index contributed by atoms with van der Waals surface area (Å²) in [5.41, 5.74) is 1.46. The predicted octanol–water partition coefficient (Wildman–Crippen LogP) is 2.50. The van der Waals surface area contributed by atoms with E-state index in [1.807, 2.05) is 0 Å². The van der Waals surface area contributed by atoms with Gasteiger partial charge in [-0.05, 0) is 25.1 Å². The number of aliphatic hydroxyl groups excluding tert-OH is 1. The Labute approximate surface area is 128 Å². The Bertz CT molecular complexity index is 700. The topological polar surface area (TPSA) is 77.4 Å². The molecular weight excluding hydrogens is 286 g/mol. The van der Waals surface area contributed by atoms with Crippen molar-refractivity contribution in [1.29, 1.82) is 0 Å². The summed E-state index contributed by atoms with van der Waals surface area (Å²) in [6.45, 7) is 1.63. The number of nitrogens with zero attached hydrogens (tertiary/aromatic N) is 1. The first-order valence-electron chi connectivity index (χ1n) is 6.53. The zero-order valence-electron chi connectivity index (χ0n) is 12.8. The smallest absolute Gasteiger partial charge is 0.343 e. The highest BCUT2D eigenvalue weighted by Crippen LogP contribution is 2.31. The molecule has 0 amide bonds. The van der Waals surface area contributed by atoms with Crippen LogP contribution in [0.15, 0.2) is 40.2 Å². The van der Waals surface area contributed by atoms with Gasteiger partial charge in [0.15, 0.2) is 5.76 Å². The van der Waals surface area contributed by atoms with Crippen LogP contribution in [0, 0.1) is 0 Å². The minimum absolute atomic E-state index is 0.0706. The van der Waals surface area contributed by atoms with Gasteiger partial charge >= 0.3 is 5.97 Å². The van der Waals surface area contributed by atoms with E-state index in [0.29, 0.717) is 22.8 Å². The lowest BCUT2D eigenvalue weighted by Gasteiger charge is -2.08. The standard InChI is InChI=1S/C16H17NO5/c1-9-14(16(19)22-4)15(18)12(17-9)7-10-5-6-11(20-2)8-13(10)21-3/h5-8,18H,1-4H3/b12-7+. The summed E-state index contributed by atoms with van der Waals surface area (Å²) in [5, 5.41) is 10.2. The van der Waals surface area contributed by atoms with Crippen LogP contribution in [-0.4, -0.2) is 38.1 Å². The van der Waals surface area contributed by atoms with Gasteiger partial charge in [0.2, 0.25) is 0 Å². The summed E-state index contributed by atoms with van der Waals surface area (Å²) in [6.07, 6.45) is 1.63. The van der Waals surface area contributed by atoms with E-state index in [1.165, 1.54) is 14.2 Å². The molecule has 1 aromatic rings. The molecule has 1 N–H and O–H groups in total. The highest BCUT2D eigenvalue weighted by Gasteiger charge is 2.27. The second-order valence-electron chi connectivity index (χ2n) is 4.55. The van der Waals surface area contributed by atoms with Gasteiger partial charge in [0, 0.05) is 11.6 Å². The number of benzene rings is 1. The van der Waals surface area contributed by atoms with Gasteiger partial charge in [-0.2, -0.15) is 0 Å². The quantitative estimate of drug-likeness (QED) is 0.865. The SMILES string of the molecule is COC(=O)C1=C(O)/C(=C\c2ccc(OC)cc2OC)N=C1C. The Morgan fingerprint density at radius 1 is 1.23 bits per heavy atom. The number of aliphatic hydroxyl groups is 1. The number of carbonyl (C=O) groups excluding carboxylic acids is 1. The third-order valence-corrected chi connectivity index (χ3v) is 3.25. The van der Waals surface area contributed by atoms with Gasteiger partial charge in [0.1, 0.15) is 22.8 Å². The van der Waals surface area contributed by atoms with E-state index in [0.717, 1.165) is 0 Å². The molecule has 0 aromatic heterocycles. The Hall–Kier alpha value is -2.76. The Balaban J connectivity index is 2.47. The Kier molecular flexibility index (Phi) is 4.50. The van der Waals surface area contributed by atoms with Crippen molar-refractivity contribution in [2.75, 3.05) is 21.3 Å². The lowest BCUT2D eigenvalue weighted by Crippen LogP contribution is -2.11. The molecule has 1 aromatic carbocycles. The summed E-state index contributed by atoms with van der Waals surface area (Å²) >= 11 is 0. The van der Waals surface area contributed by atoms with E-state index >= 15 is 0 Å². The molecule has 0 aliphatic carbocycles. The van der Waals surface area contributed by atoms with Crippen molar-refractivity contribution in [2.24, 2.45) is 4.99 Å². The Morgan fingerprint density at radius 3 is 2.55 bits per heavy atom. The van der Waals surface area contributed by atoms with Gasteiger partial charge in [-0.25, -0.2) is 9.79 Å². The average Bonchev–Trinajstić information content (AvgIpc) is 2.81. The van der Waals surface area contributed by atoms with E-state index in [9.17, 15) is 9.90 Å². The van der Waals surface area contributed by atoms with E-state index in [-0.39, 0.29) is 17.0 Å². The number of hydrogen-bond acceptors (Lipinski definition) is 6. The molecule has 0 unspecified atom stereocenters. The van der Waals surface area contributed by atoms with Crippen molar-refractivity contribution < 1.29 is 24.1 Å². The lowest BCUT2D eigenvalue weighted by molar-refractivity contribution is -0.135. The molecule has 0 saturated heterocycles. The van der Waals surface area contributed by atoms with Crippen LogP contribution in [0.2, 0.25) is 0 Å². The van der Waals surface area contributed by atoms with Crippen molar-refractivity contribution in [1.82, 2.24) is 0 Å². The van der Waals surface area contributed by atoms with E-state index in [1.54, 1.807) is 38.3 Å². The highest BCUT2D eigenvalue weighted by atomic mass is 16.5. The minimum atomic E-state index is -0.621. The van der Waals surface area contributed by atoms with E-state index in [2.05, 4.69) is 9.73 Å². The second-order valence-corrected chi connectivity index (χ2v) is 4.55. The molecule has 0 fully saturated rings. The number of hydrogen-bond donors (Lipinski definition) is 1. The monoisotopic (exact) mass is 303 g/mol. The normalized spacial score (nSPS) is 15.8. The van der Waals surface area contributed by atoms with Crippen LogP contribution in [0.1, 0.15) is 12.5 Å². The van der Waals surface area contributed by atoms with Gasteiger partial charge in [0.05, 0.1) is 27.0 Å². The van der Waals surface area contributed by atoms with Gasteiger partial charge in [0.25, 0.3) is 0 Å². The molecular formula is C16H17NO5. The summed E-state index contributed by atoms with van der Waals surface area (Å²) in [6, 6.07) is 5.27.